The first-order chi connectivity index (χ1) is 13.2. The monoisotopic (exact) mass is 368 g/mol. The summed E-state index contributed by atoms with van der Waals surface area (Å²) >= 11 is 0. The summed E-state index contributed by atoms with van der Waals surface area (Å²) < 4.78 is 13.0. The number of piperidine rings is 1. The molecule has 1 saturated heterocycles. The van der Waals surface area contributed by atoms with Crippen molar-refractivity contribution in [1.82, 2.24) is 10.2 Å². The average molecular weight is 368 g/mol. The third kappa shape index (κ3) is 5.23. The molecule has 1 unspecified atom stereocenters. The number of hydrogen-bond donors (Lipinski definition) is 1. The van der Waals surface area contributed by atoms with Crippen LogP contribution >= 0.6 is 0 Å². The number of carbonyl (C=O) groups excluding carboxylic acids is 2. The molecule has 1 atom stereocenters. The van der Waals surface area contributed by atoms with Gasteiger partial charge in [-0.15, -0.1) is 0 Å². The number of carbonyl (C=O) groups is 2. The summed E-state index contributed by atoms with van der Waals surface area (Å²) in [4.78, 5) is 25.8. The first kappa shape index (κ1) is 19.2. The molecule has 1 aliphatic heterocycles. The van der Waals surface area contributed by atoms with Crippen LogP contribution in [0.4, 0.5) is 4.39 Å². The predicted molar refractivity (Wildman–Crippen MR) is 103 cm³/mol. The minimum Gasteiger partial charge on any atom is -0.352 e. The van der Waals surface area contributed by atoms with Gasteiger partial charge in [-0.05, 0) is 62.2 Å². The Labute approximate surface area is 159 Å². The fourth-order valence-corrected chi connectivity index (χ4v) is 3.69. The van der Waals surface area contributed by atoms with Gasteiger partial charge in [-0.2, -0.15) is 0 Å². The zero-order chi connectivity index (χ0) is 19.1. The molecule has 4 nitrogen and oxygen atoms in total. The fourth-order valence-electron chi connectivity index (χ4n) is 3.69. The Balaban J connectivity index is 1.49. The Morgan fingerprint density at radius 3 is 2.41 bits per heavy atom. The van der Waals surface area contributed by atoms with Crippen LogP contribution in [-0.4, -0.2) is 36.7 Å². The molecule has 0 bridgehead atoms. The normalized spacial score (nSPS) is 16.6. The van der Waals surface area contributed by atoms with Crippen molar-refractivity contribution >= 4 is 12.2 Å². The number of ketones is 1. The first-order valence-corrected chi connectivity index (χ1v) is 9.44. The highest BCUT2D eigenvalue weighted by atomic mass is 19.1. The van der Waals surface area contributed by atoms with Crippen molar-refractivity contribution < 1.29 is 14.0 Å². The van der Waals surface area contributed by atoms with Crippen LogP contribution in [0.25, 0.3) is 0 Å². The van der Waals surface area contributed by atoms with Gasteiger partial charge in [0.15, 0.2) is 5.78 Å². The largest absolute Gasteiger partial charge is 0.352 e. The molecule has 142 valence electrons. The van der Waals surface area contributed by atoms with Gasteiger partial charge in [-0.3, -0.25) is 9.59 Å². The van der Waals surface area contributed by atoms with Crippen LogP contribution in [0, 0.1) is 11.7 Å². The number of halogens is 1. The number of nitrogens with zero attached hydrogens (tertiary/aromatic N) is 1. The lowest BCUT2D eigenvalue weighted by atomic mass is 9.88. The molecule has 27 heavy (non-hydrogen) atoms. The highest BCUT2D eigenvalue weighted by Crippen LogP contribution is 2.23. The van der Waals surface area contributed by atoms with Crippen LogP contribution in [-0.2, 0) is 4.79 Å². The lowest BCUT2D eigenvalue weighted by Gasteiger charge is -2.32. The Hall–Kier alpha value is -2.53. The lowest BCUT2D eigenvalue weighted by Crippen LogP contribution is -2.38. The highest BCUT2D eigenvalue weighted by molar-refractivity contribution is 5.97. The van der Waals surface area contributed by atoms with E-state index in [1.54, 1.807) is 12.1 Å². The summed E-state index contributed by atoms with van der Waals surface area (Å²) in [5, 5.41) is 2.90. The van der Waals surface area contributed by atoms with E-state index < -0.39 is 0 Å². The van der Waals surface area contributed by atoms with E-state index in [4.69, 9.17) is 0 Å². The second kappa shape index (κ2) is 9.42. The van der Waals surface area contributed by atoms with E-state index in [0.29, 0.717) is 5.56 Å². The second-order valence-corrected chi connectivity index (χ2v) is 7.02. The molecule has 1 N–H and O–H groups in total. The molecule has 0 spiro atoms. The molecule has 1 amide bonds. The molecule has 0 aromatic heterocycles. The number of rotatable bonds is 8. The van der Waals surface area contributed by atoms with E-state index in [1.165, 1.54) is 12.1 Å². The van der Waals surface area contributed by atoms with Crippen molar-refractivity contribution in [3.05, 3.63) is 71.5 Å². The average Bonchev–Trinajstić information content (AvgIpc) is 2.72. The standard InChI is InChI=1S/C22H25FN2O2/c23-20-8-6-18(7-9-20)22(27)19-10-13-25(14-11-19)15-12-21(24-16-26)17-4-2-1-3-5-17/h1-9,16,19,21H,10-15H2,(H,24,26). The molecular weight excluding hydrogens is 343 g/mol. The third-order valence-electron chi connectivity index (χ3n) is 5.29. The van der Waals surface area contributed by atoms with Crippen molar-refractivity contribution in [3.63, 3.8) is 0 Å². The minimum atomic E-state index is -0.321. The zero-order valence-corrected chi connectivity index (χ0v) is 15.3. The van der Waals surface area contributed by atoms with Crippen LogP contribution in [0.2, 0.25) is 0 Å². The summed E-state index contributed by atoms with van der Waals surface area (Å²) in [6.07, 6.45) is 3.21. The molecule has 3 rings (SSSR count). The molecule has 0 radical (unpaired) electrons. The number of amides is 1. The van der Waals surface area contributed by atoms with Crippen molar-refractivity contribution in [1.29, 1.82) is 0 Å². The van der Waals surface area contributed by atoms with Crippen LogP contribution in [0.1, 0.15) is 41.2 Å². The summed E-state index contributed by atoms with van der Waals surface area (Å²) in [6.45, 7) is 2.60. The lowest BCUT2D eigenvalue weighted by molar-refractivity contribution is -0.110. The first-order valence-electron chi connectivity index (χ1n) is 9.44. The Morgan fingerprint density at radius 1 is 1.11 bits per heavy atom. The number of likely N-dealkylation sites (tertiary alicyclic amines) is 1. The maximum Gasteiger partial charge on any atom is 0.207 e. The van der Waals surface area contributed by atoms with Gasteiger partial charge in [-0.25, -0.2) is 4.39 Å². The van der Waals surface area contributed by atoms with Crippen LogP contribution in [0.3, 0.4) is 0 Å². The second-order valence-electron chi connectivity index (χ2n) is 7.02. The van der Waals surface area contributed by atoms with Crippen LogP contribution < -0.4 is 5.32 Å². The summed E-state index contributed by atoms with van der Waals surface area (Å²) in [6, 6.07) is 15.8. The molecular formula is C22H25FN2O2. The number of nitrogens with one attached hydrogen (secondary N) is 1. The van der Waals surface area contributed by atoms with Gasteiger partial charge in [0.05, 0.1) is 6.04 Å². The van der Waals surface area contributed by atoms with Crippen molar-refractivity contribution in [2.24, 2.45) is 5.92 Å². The topological polar surface area (TPSA) is 49.4 Å². The molecule has 5 heteroatoms. The molecule has 1 fully saturated rings. The van der Waals surface area contributed by atoms with E-state index in [9.17, 15) is 14.0 Å². The molecule has 1 heterocycles. The van der Waals surface area contributed by atoms with E-state index in [2.05, 4.69) is 10.2 Å². The van der Waals surface area contributed by atoms with E-state index >= 15 is 0 Å². The van der Waals surface area contributed by atoms with Crippen molar-refractivity contribution in [3.8, 4) is 0 Å². The van der Waals surface area contributed by atoms with E-state index in [-0.39, 0.29) is 23.6 Å². The van der Waals surface area contributed by atoms with Gasteiger partial charge in [0.1, 0.15) is 5.82 Å². The Bertz CT molecular complexity index is 741. The summed E-state index contributed by atoms with van der Waals surface area (Å²) in [7, 11) is 0. The number of benzene rings is 2. The smallest absolute Gasteiger partial charge is 0.207 e. The zero-order valence-electron chi connectivity index (χ0n) is 15.3. The van der Waals surface area contributed by atoms with Gasteiger partial charge < -0.3 is 10.2 Å². The third-order valence-corrected chi connectivity index (χ3v) is 5.29. The van der Waals surface area contributed by atoms with Crippen LogP contribution in [0.15, 0.2) is 54.6 Å². The predicted octanol–water partition coefficient (Wildman–Crippen LogP) is 3.60. The summed E-state index contributed by atoms with van der Waals surface area (Å²) in [5.74, 6) is -0.206. The molecule has 2 aromatic rings. The van der Waals surface area contributed by atoms with Gasteiger partial charge in [0, 0.05) is 18.0 Å². The van der Waals surface area contributed by atoms with Gasteiger partial charge in [-0.1, -0.05) is 30.3 Å². The minimum absolute atomic E-state index is 0.00210. The number of Topliss-reactive ketones (excluding diaryl/α,β-unsaturated/α-hetero) is 1. The number of hydrogen-bond acceptors (Lipinski definition) is 3. The van der Waals surface area contributed by atoms with Crippen molar-refractivity contribution in [2.45, 2.75) is 25.3 Å². The SMILES string of the molecule is O=CNC(CCN1CCC(C(=O)c2ccc(F)cc2)CC1)c1ccccc1. The van der Waals surface area contributed by atoms with Crippen molar-refractivity contribution in [2.75, 3.05) is 19.6 Å². The fraction of sp³-hybridized carbons (Fsp3) is 0.364. The Kier molecular flexibility index (Phi) is 6.71. The molecule has 0 saturated carbocycles. The summed E-state index contributed by atoms with van der Waals surface area (Å²) in [5.41, 5.74) is 1.69. The molecule has 1 aliphatic rings. The van der Waals surface area contributed by atoms with Gasteiger partial charge in [0.2, 0.25) is 6.41 Å². The molecule has 0 aliphatic carbocycles. The van der Waals surface area contributed by atoms with E-state index in [0.717, 1.165) is 50.9 Å². The maximum atomic E-state index is 13.0. The molecule has 2 aromatic carbocycles. The quantitative estimate of drug-likeness (QED) is 0.572. The maximum absolute atomic E-state index is 13.0. The van der Waals surface area contributed by atoms with Gasteiger partial charge in [0.25, 0.3) is 0 Å². The van der Waals surface area contributed by atoms with E-state index in [1.807, 2.05) is 30.3 Å². The van der Waals surface area contributed by atoms with Crippen LogP contribution in [0.5, 0.6) is 0 Å². The highest BCUT2D eigenvalue weighted by Gasteiger charge is 2.26. The van der Waals surface area contributed by atoms with Gasteiger partial charge >= 0.3 is 0 Å². The Morgan fingerprint density at radius 2 is 1.78 bits per heavy atom.